The largest absolute Gasteiger partial charge is 0.457 e. The maximum absolute atomic E-state index is 14.7. The average Bonchev–Trinajstić information content (AvgIpc) is 2.87. The van der Waals surface area contributed by atoms with Gasteiger partial charge in [0.1, 0.15) is 46.9 Å². The second kappa shape index (κ2) is 10.1. The Bertz CT molecular complexity index is 1670. The number of ether oxygens (including phenoxy) is 1. The topological polar surface area (TPSA) is 104 Å². The van der Waals surface area contributed by atoms with Gasteiger partial charge < -0.3 is 4.74 Å². The lowest BCUT2D eigenvalue weighted by Gasteiger charge is -2.12. The van der Waals surface area contributed by atoms with Crippen molar-refractivity contribution in [2.75, 3.05) is 0 Å². The van der Waals surface area contributed by atoms with Crippen LogP contribution in [0.15, 0.2) is 42.5 Å². The number of hydrogen-bond donors (Lipinski definition) is 0. The van der Waals surface area contributed by atoms with E-state index >= 15 is 0 Å². The smallest absolute Gasteiger partial charge is 0.416 e. The van der Waals surface area contributed by atoms with Crippen molar-refractivity contribution in [1.82, 2.24) is 0 Å². The molecule has 0 radical (unpaired) electrons. The van der Waals surface area contributed by atoms with Gasteiger partial charge in [-0.05, 0) is 36.4 Å². The number of alkyl halides is 3. The van der Waals surface area contributed by atoms with E-state index in [0.29, 0.717) is 12.1 Å². The quantitative estimate of drug-likeness (QED) is 0.369. The number of halogens is 7. The molecule has 37 heavy (non-hydrogen) atoms. The van der Waals surface area contributed by atoms with Gasteiger partial charge in [-0.1, -0.05) is 6.07 Å². The Morgan fingerprint density at radius 2 is 1.30 bits per heavy atom. The van der Waals surface area contributed by atoms with Gasteiger partial charge in [0.25, 0.3) is 0 Å². The standard InChI is InChI=1S/C25H7F7N4O/c26-21-18(11-36)22(27)24(29)20(23(21)28)17(10-35)16-6-1-12(13(8-33)9-34)7-19(16)37-15-4-2-14(3-5-15)25(30,31)32/h1-7H/b17-16+. The van der Waals surface area contributed by atoms with Crippen LogP contribution in [0.3, 0.4) is 0 Å². The van der Waals surface area contributed by atoms with E-state index in [0.717, 1.165) is 36.4 Å². The van der Waals surface area contributed by atoms with Crippen molar-refractivity contribution in [3.63, 3.8) is 0 Å². The molecule has 3 aromatic carbocycles. The third kappa shape index (κ3) is 4.91. The summed E-state index contributed by atoms with van der Waals surface area (Å²) in [6.07, 6.45) is -4.67. The Hall–Kier alpha value is -5.33. The van der Waals surface area contributed by atoms with Gasteiger partial charge in [-0.15, -0.1) is 0 Å². The van der Waals surface area contributed by atoms with Gasteiger partial charge in [-0.3, -0.25) is 0 Å². The zero-order valence-electron chi connectivity index (χ0n) is 17.9. The van der Waals surface area contributed by atoms with Crippen LogP contribution in [0.5, 0.6) is 11.5 Å². The van der Waals surface area contributed by atoms with E-state index in [1.165, 1.54) is 6.07 Å². The fourth-order valence-electron chi connectivity index (χ4n) is 3.16. The molecular weight excluding hydrogens is 505 g/mol. The highest BCUT2D eigenvalue weighted by Gasteiger charge is 2.30. The van der Waals surface area contributed by atoms with Crippen molar-refractivity contribution in [3.8, 4) is 35.8 Å². The van der Waals surface area contributed by atoms with Crippen LogP contribution in [0.1, 0.15) is 16.7 Å². The van der Waals surface area contributed by atoms with Gasteiger partial charge >= 0.3 is 6.18 Å². The first-order valence-electron chi connectivity index (χ1n) is 9.68. The number of rotatable bonds is 3. The maximum Gasteiger partial charge on any atom is 0.416 e. The molecule has 3 rings (SSSR count). The highest BCUT2D eigenvalue weighted by Crippen LogP contribution is 2.32. The Morgan fingerprint density at radius 1 is 0.730 bits per heavy atom. The van der Waals surface area contributed by atoms with E-state index in [4.69, 9.17) is 20.5 Å². The normalized spacial score (nSPS) is 11.4. The zero-order chi connectivity index (χ0) is 27.5. The molecule has 0 N–H and O–H groups in total. The highest BCUT2D eigenvalue weighted by molar-refractivity contribution is 5.79. The molecule has 5 nitrogen and oxygen atoms in total. The molecule has 0 aliphatic rings. The minimum atomic E-state index is -4.67. The first-order chi connectivity index (χ1) is 17.5. The van der Waals surface area contributed by atoms with Crippen LogP contribution in [0.4, 0.5) is 30.7 Å². The fraction of sp³-hybridized carbons (Fsp3) is 0.0400. The summed E-state index contributed by atoms with van der Waals surface area (Å²) in [5, 5.41) is 36.1. The van der Waals surface area contributed by atoms with Crippen molar-refractivity contribution in [1.29, 1.82) is 21.0 Å². The summed E-state index contributed by atoms with van der Waals surface area (Å²) in [6, 6.07) is 11.6. The molecule has 3 aromatic rings. The summed E-state index contributed by atoms with van der Waals surface area (Å²) in [5.41, 5.74) is -5.55. The molecule has 0 aliphatic carbocycles. The third-order valence-electron chi connectivity index (χ3n) is 4.91. The average molecular weight is 512 g/mol. The molecule has 0 saturated heterocycles. The second-order valence-electron chi connectivity index (χ2n) is 7.04. The van der Waals surface area contributed by atoms with Gasteiger partial charge in [0, 0.05) is 10.4 Å². The van der Waals surface area contributed by atoms with Crippen LogP contribution in [-0.2, 0) is 6.18 Å². The summed E-state index contributed by atoms with van der Waals surface area (Å²) in [6.45, 7) is 0. The van der Waals surface area contributed by atoms with Crippen molar-refractivity contribution in [2.24, 2.45) is 0 Å². The van der Waals surface area contributed by atoms with Crippen LogP contribution >= 0.6 is 0 Å². The van der Waals surface area contributed by atoms with E-state index in [2.05, 4.69) is 0 Å². The highest BCUT2D eigenvalue weighted by atomic mass is 19.4. The van der Waals surface area contributed by atoms with Gasteiger partial charge in [-0.2, -0.15) is 34.2 Å². The Kier molecular flexibility index (Phi) is 7.18. The van der Waals surface area contributed by atoms with E-state index < -0.39 is 68.2 Å². The lowest BCUT2D eigenvalue weighted by atomic mass is 9.99. The molecule has 0 spiro atoms. The number of benzene rings is 3. The van der Waals surface area contributed by atoms with Gasteiger partial charge in [0.2, 0.25) is 0 Å². The molecule has 182 valence electrons. The van der Waals surface area contributed by atoms with Crippen LogP contribution in [0.2, 0.25) is 0 Å². The fourth-order valence-corrected chi connectivity index (χ4v) is 3.16. The van der Waals surface area contributed by atoms with Crippen LogP contribution < -0.4 is 15.2 Å². The van der Waals surface area contributed by atoms with E-state index in [1.54, 1.807) is 12.1 Å². The molecule has 0 saturated carbocycles. The van der Waals surface area contributed by atoms with Crippen LogP contribution in [0.25, 0.3) is 11.1 Å². The van der Waals surface area contributed by atoms with Gasteiger partial charge in [-0.25, -0.2) is 17.6 Å². The number of nitrogens with zero attached hydrogens (tertiary/aromatic N) is 4. The first kappa shape index (κ1) is 26.3. The van der Waals surface area contributed by atoms with Crippen molar-refractivity contribution >= 4 is 11.1 Å². The van der Waals surface area contributed by atoms with Crippen molar-refractivity contribution in [2.45, 2.75) is 6.18 Å². The van der Waals surface area contributed by atoms with Gasteiger partial charge in [0.15, 0.2) is 23.3 Å². The Balaban J connectivity index is 2.41. The molecule has 0 fully saturated rings. The van der Waals surface area contributed by atoms with Crippen LogP contribution in [0, 0.1) is 68.6 Å². The summed E-state index contributed by atoms with van der Waals surface area (Å²) < 4.78 is 102. The minimum absolute atomic E-state index is 0.105. The number of nitriles is 4. The Morgan fingerprint density at radius 3 is 1.76 bits per heavy atom. The summed E-state index contributed by atoms with van der Waals surface area (Å²) in [5.74, 6) is -9.00. The molecule has 0 unspecified atom stereocenters. The first-order valence-corrected chi connectivity index (χ1v) is 9.68. The van der Waals surface area contributed by atoms with E-state index in [9.17, 15) is 36.0 Å². The van der Waals surface area contributed by atoms with E-state index in [1.807, 2.05) is 0 Å². The zero-order valence-corrected chi connectivity index (χ0v) is 17.9. The molecule has 0 aromatic heterocycles. The van der Waals surface area contributed by atoms with Crippen molar-refractivity contribution in [3.05, 3.63) is 92.9 Å². The Labute approximate surface area is 203 Å². The number of hydrogen-bond acceptors (Lipinski definition) is 5. The molecule has 0 atom stereocenters. The predicted molar refractivity (Wildman–Crippen MR) is 111 cm³/mol. The van der Waals surface area contributed by atoms with Crippen molar-refractivity contribution < 1.29 is 35.5 Å². The predicted octanol–water partition coefficient (Wildman–Crippen LogP) is 4.85. The van der Waals surface area contributed by atoms with E-state index in [-0.39, 0.29) is 11.0 Å². The third-order valence-corrected chi connectivity index (χ3v) is 4.91. The van der Waals surface area contributed by atoms with Crippen LogP contribution in [-0.4, -0.2) is 0 Å². The lowest BCUT2D eigenvalue weighted by Crippen LogP contribution is -2.18. The summed E-state index contributed by atoms with van der Waals surface area (Å²) >= 11 is 0. The summed E-state index contributed by atoms with van der Waals surface area (Å²) in [7, 11) is 0. The molecular formula is C25H7F7N4O. The second-order valence-corrected chi connectivity index (χ2v) is 7.04. The molecule has 0 aliphatic heterocycles. The molecule has 12 heteroatoms. The minimum Gasteiger partial charge on any atom is -0.457 e. The maximum atomic E-state index is 14.7. The van der Waals surface area contributed by atoms with Gasteiger partial charge in [0.05, 0.1) is 16.7 Å². The molecule has 0 heterocycles. The summed E-state index contributed by atoms with van der Waals surface area (Å²) in [4.78, 5) is 0. The lowest BCUT2D eigenvalue weighted by molar-refractivity contribution is -0.137. The monoisotopic (exact) mass is 512 g/mol. The molecule has 0 amide bonds. The molecule has 0 bridgehead atoms. The SMILES string of the molecule is N#CC(C#N)=c1cc/c(=C(/C#N)c2c(F)c(F)c(C#N)c(F)c2F)c(Oc2ccc(C(F)(F)F)cc2)c1.